The van der Waals surface area contributed by atoms with Crippen LogP contribution in [0.4, 0.5) is 0 Å². The highest BCUT2D eigenvalue weighted by Gasteiger charge is 2.50. The summed E-state index contributed by atoms with van der Waals surface area (Å²) in [5.41, 5.74) is 1.94. The molecule has 4 heterocycles. The Labute approximate surface area is 187 Å². The number of carbonyl (C=O) groups is 2. The van der Waals surface area contributed by atoms with Crippen LogP contribution in [0.5, 0.6) is 0 Å². The lowest BCUT2D eigenvalue weighted by Gasteiger charge is -2.56. The van der Waals surface area contributed by atoms with E-state index in [1.165, 1.54) is 38.5 Å². The second kappa shape index (κ2) is 6.80. The van der Waals surface area contributed by atoms with E-state index in [2.05, 4.69) is 15.6 Å². The van der Waals surface area contributed by atoms with Crippen molar-refractivity contribution in [2.45, 2.75) is 57.0 Å². The summed E-state index contributed by atoms with van der Waals surface area (Å²) < 4.78 is 1.79. The predicted octanol–water partition coefficient (Wildman–Crippen LogP) is 2.47. The normalized spacial score (nSPS) is 36.9. The van der Waals surface area contributed by atoms with Crippen molar-refractivity contribution in [3.05, 3.63) is 35.8 Å². The minimum atomic E-state index is -0.0628. The van der Waals surface area contributed by atoms with E-state index in [1.54, 1.807) is 10.6 Å². The van der Waals surface area contributed by atoms with Crippen LogP contribution in [0.3, 0.4) is 0 Å². The topological polar surface area (TPSA) is 78.7 Å². The van der Waals surface area contributed by atoms with Crippen molar-refractivity contribution < 1.29 is 9.59 Å². The molecule has 7 nitrogen and oxygen atoms in total. The van der Waals surface area contributed by atoms with Gasteiger partial charge in [0.05, 0.1) is 0 Å². The van der Waals surface area contributed by atoms with Gasteiger partial charge in [-0.25, -0.2) is 4.98 Å². The average Bonchev–Trinajstić information content (AvgIpc) is 3.51. The minimum Gasteiger partial charge on any atom is -0.350 e. The summed E-state index contributed by atoms with van der Waals surface area (Å²) in [5.74, 6) is 2.54. The van der Waals surface area contributed by atoms with E-state index < -0.39 is 0 Å². The number of amides is 2. The van der Waals surface area contributed by atoms with E-state index in [4.69, 9.17) is 0 Å². The van der Waals surface area contributed by atoms with E-state index >= 15 is 0 Å². The lowest BCUT2D eigenvalue weighted by molar-refractivity contribution is -0.0503. The van der Waals surface area contributed by atoms with Crippen LogP contribution >= 0.6 is 0 Å². The van der Waals surface area contributed by atoms with Crippen molar-refractivity contribution in [1.29, 1.82) is 0 Å². The Morgan fingerprint density at radius 2 is 1.84 bits per heavy atom. The summed E-state index contributed by atoms with van der Waals surface area (Å²) in [6, 6.07) is 6.23. The molecule has 4 saturated carbocycles. The molecule has 6 bridgehead atoms. The third-order valence-corrected chi connectivity index (χ3v) is 9.05. The summed E-state index contributed by atoms with van der Waals surface area (Å²) in [7, 11) is 0. The number of aromatic nitrogens is 2. The van der Waals surface area contributed by atoms with Crippen LogP contribution in [0.25, 0.3) is 5.65 Å². The quantitative estimate of drug-likeness (QED) is 0.777. The Bertz CT molecular complexity index is 1070. The van der Waals surface area contributed by atoms with Crippen LogP contribution in [-0.4, -0.2) is 57.8 Å². The molecule has 0 unspecified atom stereocenters. The van der Waals surface area contributed by atoms with Gasteiger partial charge in [0.15, 0.2) is 0 Å². The monoisotopic (exact) mass is 433 g/mol. The molecule has 8 rings (SSSR count). The number of fused-ring (bicyclic) bond motifs is 3. The SMILES string of the molecule is O=C(NCC12CC3CC(CC(C3)C1)C2)c1cccc2nc(C(=O)N3C[C@H]4C[C@@H]3CN4)cn12. The first kappa shape index (κ1) is 19.1. The van der Waals surface area contributed by atoms with E-state index in [9.17, 15) is 9.59 Å². The third kappa shape index (κ3) is 2.93. The Morgan fingerprint density at radius 3 is 2.50 bits per heavy atom. The maximum absolute atomic E-state index is 13.2. The van der Waals surface area contributed by atoms with E-state index in [-0.39, 0.29) is 17.9 Å². The standard InChI is InChI=1S/C25H31N5O2/c31-23(27-14-25-8-15-4-16(9-25)6-17(5-15)10-25)21-2-1-3-22-28-20(13-30(21)22)24(32)29-12-18-7-19(29)11-26-18/h1-3,13,15-19,26H,4-12,14H2,(H,27,31)/t15?,16?,17?,18-,19-,25?/m1/s1. The molecule has 0 aromatic carbocycles. The second-order valence-corrected chi connectivity index (χ2v) is 11.3. The van der Waals surface area contributed by atoms with Gasteiger partial charge in [-0.05, 0) is 80.2 Å². The van der Waals surface area contributed by atoms with Crippen molar-refractivity contribution in [2.75, 3.05) is 19.6 Å². The van der Waals surface area contributed by atoms with Gasteiger partial charge in [0.2, 0.25) is 0 Å². The zero-order chi connectivity index (χ0) is 21.4. The molecule has 7 heteroatoms. The van der Waals surface area contributed by atoms with Crippen molar-refractivity contribution in [3.8, 4) is 0 Å². The fourth-order valence-electron chi connectivity index (χ4n) is 8.12. The maximum Gasteiger partial charge on any atom is 0.274 e. The fraction of sp³-hybridized carbons (Fsp3) is 0.640. The summed E-state index contributed by atoms with van der Waals surface area (Å²) in [6.45, 7) is 2.38. The highest BCUT2D eigenvalue weighted by molar-refractivity contribution is 5.96. The number of rotatable bonds is 4. The molecule has 2 aromatic heterocycles. The van der Waals surface area contributed by atoms with E-state index in [0.29, 0.717) is 28.5 Å². The Morgan fingerprint density at radius 1 is 1.09 bits per heavy atom. The predicted molar refractivity (Wildman–Crippen MR) is 119 cm³/mol. The molecule has 0 radical (unpaired) electrons. The van der Waals surface area contributed by atoms with Crippen LogP contribution in [0.15, 0.2) is 24.4 Å². The van der Waals surface area contributed by atoms with Crippen LogP contribution in [0.2, 0.25) is 0 Å². The molecule has 2 aliphatic heterocycles. The number of imidazole rings is 1. The number of piperazine rings is 1. The highest BCUT2D eigenvalue weighted by Crippen LogP contribution is 2.59. The van der Waals surface area contributed by atoms with Gasteiger partial charge in [0.25, 0.3) is 11.8 Å². The lowest BCUT2D eigenvalue weighted by Crippen LogP contribution is -2.51. The maximum atomic E-state index is 13.2. The highest BCUT2D eigenvalue weighted by atomic mass is 16.2. The number of pyridine rings is 1. The molecular weight excluding hydrogens is 402 g/mol. The molecule has 168 valence electrons. The van der Waals surface area contributed by atoms with Crippen molar-refractivity contribution in [3.63, 3.8) is 0 Å². The van der Waals surface area contributed by atoms with E-state index in [1.807, 2.05) is 23.1 Å². The molecule has 32 heavy (non-hydrogen) atoms. The van der Waals surface area contributed by atoms with Gasteiger partial charge in [-0.2, -0.15) is 0 Å². The molecule has 6 fully saturated rings. The van der Waals surface area contributed by atoms with Crippen molar-refractivity contribution in [2.24, 2.45) is 23.2 Å². The van der Waals surface area contributed by atoms with Crippen molar-refractivity contribution in [1.82, 2.24) is 24.9 Å². The van der Waals surface area contributed by atoms with E-state index in [0.717, 1.165) is 43.8 Å². The fourth-order valence-corrected chi connectivity index (χ4v) is 8.12. The van der Waals surface area contributed by atoms with Gasteiger partial charge in [0.1, 0.15) is 17.0 Å². The van der Waals surface area contributed by atoms with Gasteiger partial charge in [0, 0.05) is 37.9 Å². The second-order valence-electron chi connectivity index (χ2n) is 11.3. The first-order valence-corrected chi connectivity index (χ1v) is 12.4. The first-order valence-electron chi connectivity index (χ1n) is 12.4. The number of hydrogen-bond acceptors (Lipinski definition) is 4. The zero-order valence-electron chi connectivity index (χ0n) is 18.4. The van der Waals surface area contributed by atoms with Gasteiger partial charge < -0.3 is 15.5 Å². The van der Waals surface area contributed by atoms with Crippen LogP contribution in [-0.2, 0) is 0 Å². The first-order chi connectivity index (χ1) is 15.6. The smallest absolute Gasteiger partial charge is 0.274 e. The average molecular weight is 434 g/mol. The summed E-state index contributed by atoms with van der Waals surface area (Å²) >= 11 is 0. The summed E-state index contributed by atoms with van der Waals surface area (Å²) in [4.78, 5) is 32.8. The molecule has 6 aliphatic rings. The molecule has 2 atom stereocenters. The minimum absolute atomic E-state index is 0.0253. The van der Waals surface area contributed by atoms with Gasteiger partial charge in [-0.3, -0.25) is 14.0 Å². The van der Waals surface area contributed by atoms with Crippen LogP contribution in [0, 0.1) is 23.2 Å². The summed E-state index contributed by atoms with van der Waals surface area (Å²) in [5, 5.41) is 6.70. The number of hydrogen-bond donors (Lipinski definition) is 2. The van der Waals surface area contributed by atoms with Crippen LogP contribution in [0.1, 0.15) is 65.9 Å². The van der Waals surface area contributed by atoms with Gasteiger partial charge in [-0.15, -0.1) is 0 Å². The number of likely N-dealkylation sites (tertiary alicyclic amines) is 1. The molecule has 2 N–H and O–H groups in total. The Kier molecular flexibility index (Phi) is 4.06. The number of nitrogens with one attached hydrogen (secondary N) is 2. The number of nitrogens with zero attached hydrogens (tertiary/aromatic N) is 3. The largest absolute Gasteiger partial charge is 0.350 e. The third-order valence-electron chi connectivity index (χ3n) is 9.05. The van der Waals surface area contributed by atoms with Gasteiger partial charge >= 0.3 is 0 Å². The molecule has 2 aromatic rings. The van der Waals surface area contributed by atoms with Crippen LogP contribution < -0.4 is 10.6 Å². The van der Waals surface area contributed by atoms with Crippen molar-refractivity contribution >= 4 is 17.5 Å². The number of carbonyl (C=O) groups excluding carboxylic acids is 2. The molecule has 4 aliphatic carbocycles. The Hall–Kier alpha value is -2.41. The Balaban J connectivity index is 1.11. The lowest BCUT2D eigenvalue weighted by atomic mass is 9.49. The zero-order valence-corrected chi connectivity index (χ0v) is 18.4. The molecular formula is C25H31N5O2. The molecule has 2 saturated heterocycles. The van der Waals surface area contributed by atoms with Gasteiger partial charge in [-0.1, -0.05) is 6.07 Å². The molecule has 0 spiro atoms. The molecule has 2 amide bonds. The summed E-state index contributed by atoms with van der Waals surface area (Å²) in [6.07, 6.45) is 10.8.